The Morgan fingerprint density at radius 2 is 2.07 bits per heavy atom. The second kappa shape index (κ2) is 5.68. The van der Waals surface area contributed by atoms with E-state index in [1.807, 2.05) is 13.0 Å². The van der Waals surface area contributed by atoms with Gasteiger partial charge in [0, 0.05) is 16.1 Å². The monoisotopic (exact) mass is 248 g/mol. The van der Waals surface area contributed by atoms with Crippen molar-refractivity contribution in [2.75, 3.05) is 7.11 Å². The summed E-state index contributed by atoms with van der Waals surface area (Å²) in [5.41, 5.74) is 9.51. The molecule has 0 fully saturated rings. The summed E-state index contributed by atoms with van der Waals surface area (Å²) in [5, 5.41) is 1.18. The SMILES string of the molecule is CONC(c1ccc(Cl)cc1Cl)C(C)N. The van der Waals surface area contributed by atoms with Gasteiger partial charge in [0.05, 0.1) is 13.2 Å². The smallest absolute Gasteiger partial charge is 0.0734 e. The maximum Gasteiger partial charge on any atom is 0.0734 e. The fourth-order valence-electron chi connectivity index (χ4n) is 1.33. The highest BCUT2D eigenvalue weighted by atomic mass is 35.5. The summed E-state index contributed by atoms with van der Waals surface area (Å²) in [6.45, 7) is 1.88. The van der Waals surface area contributed by atoms with Gasteiger partial charge in [-0.15, -0.1) is 0 Å². The van der Waals surface area contributed by atoms with E-state index >= 15 is 0 Å². The minimum atomic E-state index is -0.153. The molecule has 0 amide bonds. The first kappa shape index (κ1) is 12.7. The van der Waals surface area contributed by atoms with Crippen molar-refractivity contribution in [2.24, 2.45) is 5.73 Å². The fraction of sp³-hybridized carbons (Fsp3) is 0.400. The van der Waals surface area contributed by atoms with Gasteiger partial charge in [0.1, 0.15) is 0 Å². The molecule has 0 aliphatic heterocycles. The molecule has 5 heteroatoms. The van der Waals surface area contributed by atoms with Crippen LogP contribution >= 0.6 is 23.2 Å². The normalized spacial score (nSPS) is 15.0. The van der Waals surface area contributed by atoms with Crippen LogP contribution in [0, 0.1) is 0 Å². The lowest BCUT2D eigenvalue weighted by molar-refractivity contribution is 0.0541. The van der Waals surface area contributed by atoms with E-state index < -0.39 is 0 Å². The Labute approximate surface area is 99.5 Å². The molecule has 2 atom stereocenters. The van der Waals surface area contributed by atoms with Crippen molar-refractivity contribution in [3.63, 3.8) is 0 Å². The number of hydrogen-bond donors (Lipinski definition) is 2. The van der Waals surface area contributed by atoms with Gasteiger partial charge in [-0.3, -0.25) is 0 Å². The Hall–Kier alpha value is -0.320. The molecule has 2 unspecified atom stereocenters. The molecule has 0 aliphatic carbocycles. The number of rotatable bonds is 4. The topological polar surface area (TPSA) is 47.3 Å². The number of nitrogens with one attached hydrogen (secondary N) is 1. The van der Waals surface area contributed by atoms with E-state index in [0.717, 1.165) is 5.56 Å². The molecule has 84 valence electrons. The van der Waals surface area contributed by atoms with Crippen LogP contribution in [0.3, 0.4) is 0 Å². The van der Waals surface area contributed by atoms with Crippen LogP contribution in [-0.4, -0.2) is 13.2 Å². The lowest BCUT2D eigenvalue weighted by Crippen LogP contribution is -2.35. The third-order valence-electron chi connectivity index (χ3n) is 2.07. The zero-order valence-electron chi connectivity index (χ0n) is 8.63. The van der Waals surface area contributed by atoms with E-state index in [0.29, 0.717) is 10.0 Å². The van der Waals surface area contributed by atoms with Crippen LogP contribution in [0.4, 0.5) is 0 Å². The highest BCUT2D eigenvalue weighted by Crippen LogP contribution is 2.27. The lowest BCUT2D eigenvalue weighted by atomic mass is 10.0. The highest BCUT2D eigenvalue weighted by Gasteiger charge is 2.18. The van der Waals surface area contributed by atoms with E-state index in [-0.39, 0.29) is 12.1 Å². The summed E-state index contributed by atoms with van der Waals surface area (Å²) in [4.78, 5) is 4.88. The molecule has 0 saturated heterocycles. The Balaban J connectivity index is 3.00. The molecule has 15 heavy (non-hydrogen) atoms. The highest BCUT2D eigenvalue weighted by molar-refractivity contribution is 6.35. The minimum absolute atomic E-state index is 0.122. The molecular formula is C10H14Cl2N2O. The van der Waals surface area contributed by atoms with Crippen molar-refractivity contribution in [2.45, 2.75) is 19.0 Å². The first-order valence-corrected chi connectivity index (χ1v) is 5.31. The maximum atomic E-state index is 6.07. The van der Waals surface area contributed by atoms with Crippen molar-refractivity contribution < 1.29 is 4.84 Å². The average Bonchev–Trinajstić information content (AvgIpc) is 2.15. The molecule has 1 aromatic carbocycles. The third kappa shape index (κ3) is 3.33. The van der Waals surface area contributed by atoms with Crippen molar-refractivity contribution >= 4 is 23.2 Å². The van der Waals surface area contributed by atoms with E-state index in [9.17, 15) is 0 Å². The third-order valence-corrected chi connectivity index (χ3v) is 2.63. The molecule has 0 aromatic heterocycles. The first-order chi connectivity index (χ1) is 7.06. The summed E-state index contributed by atoms with van der Waals surface area (Å²) in [5.74, 6) is 0. The minimum Gasteiger partial charge on any atom is -0.326 e. The van der Waals surface area contributed by atoms with Crippen molar-refractivity contribution in [3.05, 3.63) is 33.8 Å². The lowest BCUT2D eigenvalue weighted by Gasteiger charge is -2.22. The summed E-state index contributed by atoms with van der Waals surface area (Å²) < 4.78 is 0. The van der Waals surface area contributed by atoms with Crippen LogP contribution in [0.5, 0.6) is 0 Å². The molecule has 0 radical (unpaired) electrons. The van der Waals surface area contributed by atoms with Crippen molar-refractivity contribution in [3.8, 4) is 0 Å². The largest absolute Gasteiger partial charge is 0.326 e. The number of benzene rings is 1. The molecule has 0 bridgehead atoms. The van der Waals surface area contributed by atoms with Crippen LogP contribution < -0.4 is 11.2 Å². The molecule has 0 spiro atoms. The number of hydrogen-bond acceptors (Lipinski definition) is 3. The predicted molar refractivity (Wildman–Crippen MR) is 63.0 cm³/mol. The molecule has 0 aliphatic rings. The van der Waals surface area contributed by atoms with Gasteiger partial charge < -0.3 is 10.6 Å². The maximum absolute atomic E-state index is 6.07. The van der Waals surface area contributed by atoms with E-state index in [1.54, 1.807) is 19.2 Å². The molecule has 1 aromatic rings. The Morgan fingerprint density at radius 3 is 2.53 bits per heavy atom. The van der Waals surface area contributed by atoms with Gasteiger partial charge in [-0.05, 0) is 24.6 Å². The van der Waals surface area contributed by atoms with Gasteiger partial charge in [-0.25, -0.2) is 0 Å². The van der Waals surface area contributed by atoms with Crippen molar-refractivity contribution in [1.82, 2.24) is 5.48 Å². The molecule has 3 N–H and O–H groups in total. The Bertz CT molecular complexity index is 331. The molecule has 0 saturated carbocycles. The van der Waals surface area contributed by atoms with E-state index in [1.165, 1.54) is 0 Å². The van der Waals surface area contributed by atoms with Crippen LogP contribution in [0.25, 0.3) is 0 Å². The van der Waals surface area contributed by atoms with Crippen LogP contribution in [0.15, 0.2) is 18.2 Å². The van der Waals surface area contributed by atoms with Gasteiger partial charge in [-0.2, -0.15) is 5.48 Å². The second-order valence-electron chi connectivity index (χ2n) is 3.32. The summed E-state index contributed by atoms with van der Waals surface area (Å²) in [7, 11) is 1.54. The fourth-order valence-corrected chi connectivity index (χ4v) is 1.86. The Kier molecular flexibility index (Phi) is 4.83. The van der Waals surface area contributed by atoms with Crippen LogP contribution in [0.2, 0.25) is 10.0 Å². The van der Waals surface area contributed by atoms with Crippen LogP contribution in [0.1, 0.15) is 18.5 Å². The van der Waals surface area contributed by atoms with Crippen molar-refractivity contribution in [1.29, 1.82) is 0 Å². The quantitative estimate of drug-likeness (QED) is 0.806. The zero-order valence-corrected chi connectivity index (χ0v) is 10.1. The summed E-state index contributed by atoms with van der Waals surface area (Å²) in [6.07, 6.45) is 0. The molecule has 3 nitrogen and oxygen atoms in total. The van der Waals surface area contributed by atoms with Gasteiger partial charge in [0.25, 0.3) is 0 Å². The number of hydroxylamine groups is 1. The van der Waals surface area contributed by atoms with E-state index in [4.69, 9.17) is 33.8 Å². The predicted octanol–water partition coefficient (Wildman–Crippen LogP) is 2.53. The molecule has 0 heterocycles. The molecule has 1 rings (SSSR count). The summed E-state index contributed by atoms with van der Waals surface area (Å²) in [6, 6.07) is 5.02. The molecular weight excluding hydrogens is 235 g/mol. The van der Waals surface area contributed by atoms with Gasteiger partial charge in [0.15, 0.2) is 0 Å². The number of nitrogens with two attached hydrogens (primary N) is 1. The zero-order chi connectivity index (χ0) is 11.4. The standard InChI is InChI=1S/C10H14Cl2N2O/c1-6(13)10(14-15-2)8-4-3-7(11)5-9(8)12/h3-6,10,14H,13H2,1-2H3. The van der Waals surface area contributed by atoms with Gasteiger partial charge in [0.2, 0.25) is 0 Å². The van der Waals surface area contributed by atoms with Gasteiger partial charge in [-0.1, -0.05) is 29.3 Å². The average molecular weight is 249 g/mol. The van der Waals surface area contributed by atoms with Crippen LogP contribution in [-0.2, 0) is 4.84 Å². The summed E-state index contributed by atoms with van der Waals surface area (Å²) >= 11 is 11.9. The second-order valence-corrected chi connectivity index (χ2v) is 4.17. The van der Waals surface area contributed by atoms with Gasteiger partial charge >= 0.3 is 0 Å². The first-order valence-electron chi connectivity index (χ1n) is 4.55. The Morgan fingerprint density at radius 1 is 1.40 bits per heavy atom. The number of halogens is 2. The van der Waals surface area contributed by atoms with E-state index in [2.05, 4.69) is 5.48 Å².